The Morgan fingerprint density at radius 2 is 1.96 bits per heavy atom. The molecule has 1 aliphatic heterocycles. The lowest BCUT2D eigenvalue weighted by molar-refractivity contribution is 0.0587. The fourth-order valence-corrected chi connectivity index (χ4v) is 4.89. The van der Waals surface area contributed by atoms with Crippen LogP contribution in [0.15, 0.2) is 16.6 Å². The van der Waals surface area contributed by atoms with Crippen LogP contribution in [-0.4, -0.2) is 64.8 Å². The van der Waals surface area contributed by atoms with Gasteiger partial charge in [0.25, 0.3) is 0 Å². The smallest absolute Gasteiger partial charge is 0.376 e. The standard InChI is InChI=1S/C15H16N6O2S3/c1-23-13(22)11-16-9-3-8-25-10(9)12(17-11)20-4-6-21(7-5-20)15-18-14(24-2)19-26-15/h3,8H,4-7H2,1-2H3. The first-order chi connectivity index (χ1) is 12.7. The minimum atomic E-state index is -0.517. The topological polar surface area (TPSA) is 84.3 Å². The van der Waals surface area contributed by atoms with Crippen LogP contribution in [0.1, 0.15) is 10.6 Å². The number of rotatable bonds is 4. The van der Waals surface area contributed by atoms with Gasteiger partial charge in [0.05, 0.1) is 17.3 Å². The maximum Gasteiger partial charge on any atom is 0.376 e. The number of anilines is 2. The molecule has 26 heavy (non-hydrogen) atoms. The van der Waals surface area contributed by atoms with Crippen LogP contribution < -0.4 is 9.80 Å². The lowest BCUT2D eigenvalue weighted by Crippen LogP contribution is -2.47. The summed E-state index contributed by atoms with van der Waals surface area (Å²) < 4.78 is 10.1. The van der Waals surface area contributed by atoms with Crippen LogP contribution in [0.4, 0.5) is 10.9 Å². The van der Waals surface area contributed by atoms with Gasteiger partial charge in [-0.2, -0.15) is 9.36 Å². The Morgan fingerprint density at radius 1 is 1.19 bits per heavy atom. The third-order valence-electron chi connectivity index (χ3n) is 4.08. The van der Waals surface area contributed by atoms with Crippen molar-refractivity contribution in [2.45, 2.75) is 5.16 Å². The zero-order valence-corrected chi connectivity index (χ0v) is 16.7. The monoisotopic (exact) mass is 408 g/mol. The number of esters is 1. The number of fused-ring (bicyclic) bond motifs is 1. The molecule has 0 atom stereocenters. The van der Waals surface area contributed by atoms with Gasteiger partial charge in [0, 0.05) is 37.7 Å². The summed E-state index contributed by atoms with van der Waals surface area (Å²) in [6, 6.07) is 1.90. The Morgan fingerprint density at radius 3 is 2.65 bits per heavy atom. The minimum absolute atomic E-state index is 0.101. The normalized spacial score (nSPS) is 14.8. The van der Waals surface area contributed by atoms with Crippen LogP contribution in [0, 0.1) is 0 Å². The van der Waals surface area contributed by atoms with Crippen molar-refractivity contribution in [3.05, 3.63) is 17.3 Å². The first-order valence-electron chi connectivity index (χ1n) is 7.90. The summed E-state index contributed by atoms with van der Waals surface area (Å²) in [6.07, 6.45) is 1.98. The number of nitrogens with zero attached hydrogens (tertiary/aromatic N) is 6. The van der Waals surface area contributed by atoms with E-state index in [-0.39, 0.29) is 5.82 Å². The molecule has 0 bridgehead atoms. The summed E-state index contributed by atoms with van der Waals surface area (Å²) >= 11 is 4.57. The highest BCUT2D eigenvalue weighted by molar-refractivity contribution is 7.98. The lowest BCUT2D eigenvalue weighted by Gasteiger charge is -2.35. The van der Waals surface area contributed by atoms with Crippen molar-refractivity contribution in [1.82, 2.24) is 19.3 Å². The van der Waals surface area contributed by atoms with Crippen molar-refractivity contribution >= 4 is 61.8 Å². The predicted octanol–water partition coefficient (Wildman–Crippen LogP) is 2.38. The number of hydrogen-bond donors (Lipinski definition) is 0. The number of piperazine rings is 1. The van der Waals surface area contributed by atoms with Crippen molar-refractivity contribution in [3.8, 4) is 0 Å². The Hall–Kier alpha value is -1.98. The van der Waals surface area contributed by atoms with Gasteiger partial charge in [-0.3, -0.25) is 0 Å². The molecule has 11 heteroatoms. The molecule has 4 rings (SSSR count). The summed E-state index contributed by atoms with van der Waals surface area (Å²) in [5.41, 5.74) is 0.775. The van der Waals surface area contributed by atoms with Crippen molar-refractivity contribution in [2.75, 3.05) is 49.3 Å². The van der Waals surface area contributed by atoms with Crippen LogP contribution in [0.3, 0.4) is 0 Å². The molecular formula is C15H16N6O2S3. The molecule has 4 heterocycles. The Kier molecular flexibility index (Phi) is 4.92. The third kappa shape index (κ3) is 3.21. The summed E-state index contributed by atoms with van der Waals surface area (Å²) in [5.74, 6) is 0.383. The number of aromatic nitrogens is 4. The van der Waals surface area contributed by atoms with Crippen molar-refractivity contribution < 1.29 is 9.53 Å². The average molecular weight is 409 g/mol. The molecule has 0 aromatic carbocycles. The van der Waals surface area contributed by atoms with E-state index >= 15 is 0 Å². The SMILES string of the molecule is COC(=O)c1nc(N2CCN(c3nc(SC)ns3)CC2)c2sccc2n1. The number of carbonyl (C=O) groups excluding carboxylic acids is 1. The molecule has 3 aromatic rings. The number of hydrogen-bond acceptors (Lipinski definition) is 11. The number of thioether (sulfide) groups is 1. The van der Waals surface area contributed by atoms with Crippen LogP contribution in [0.5, 0.6) is 0 Å². The molecule has 1 aliphatic rings. The molecule has 0 unspecified atom stereocenters. The van der Waals surface area contributed by atoms with Gasteiger partial charge in [-0.1, -0.05) is 11.8 Å². The second kappa shape index (κ2) is 7.33. The number of ether oxygens (including phenoxy) is 1. The summed E-state index contributed by atoms with van der Waals surface area (Å²) in [6.45, 7) is 3.23. The summed E-state index contributed by atoms with van der Waals surface area (Å²) in [7, 11) is 1.34. The number of carbonyl (C=O) groups is 1. The van der Waals surface area contributed by atoms with Gasteiger partial charge < -0.3 is 14.5 Å². The van der Waals surface area contributed by atoms with E-state index in [4.69, 9.17) is 4.74 Å². The Balaban J connectivity index is 1.57. The zero-order chi connectivity index (χ0) is 18.1. The molecule has 0 spiro atoms. The Labute approximate surface area is 162 Å². The second-order valence-electron chi connectivity index (χ2n) is 5.54. The van der Waals surface area contributed by atoms with Crippen molar-refractivity contribution in [1.29, 1.82) is 0 Å². The summed E-state index contributed by atoms with van der Waals surface area (Å²) in [5, 5.41) is 3.73. The third-order valence-corrected chi connectivity index (χ3v) is 6.42. The summed E-state index contributed by atoms with van der Waals surface area (Å²) in [4.78, 5) is 29.7. The Bertz CT molecular complexity index is 935. The molecule has 0 N–H and O–H groups in total. The first kappa shape index (κ1) is 17.4. The van der Waals surface area contributed by atoms with Gasteiger partial charge in [0.1, 0.15) is 0 Å². The van der Waals surface area contributed by atoms with E-state index in [0.29, 0.717) is 0 Å². The van der Waals surface area contributed by atoms with Gasteiger partial charge in [0.15, 0.2) is 5.82 Å². The molecule has 1 saturated heterocycles. The van der Waals surface area contributed by atoms with Crippen molar-refractivity contribution in [3.63, 3.8) is 0 Å². The second-order valence-corrected chi connectivity index (χ2v) is 7.95. The van der Waals surface area contributed by atoms with Gasteiger partial charge in [-0.25, -0.2) is 14.8 Å². The predicted molar refractivity (Wildman–Crippen MR) is 105 cm³/mol. The lowest BCUT2D eigenvalue weighted by atomic mass is 10.3. The average Bonchev–Trinajstić information content (AvgIpc) is 3.35. The van der Waals surface area contributed by atoms with Gasteiger partial charge in [0.2, 0.25) is 16.1 Å². The van der Waals surface area contributed by atoms with Gasteiger partial charge >= 0.3 is 5.97 Å². The van der Waals surface area contributed by atoms with E-state index < -0.39 is 5.97 Å². The first-order valence-corrected chi connectivity index (χ1v) is 10.8. The quantitative estimate of drug-likeness (QED) is 0.477. The molecule has 0 aliphatic carbocycles. The molecule has 8 nitrogen and oxygen atoms in total. The van der Waals surface area contributed by atoms with Crippen LogP contribution in [0.2, 0.25) is 0 Å². The highest BCUT2D eigenvalue weighted by Crippen LogP contribution is 2.30. The van der Waals surface area contributed by atoms with Crippen LogP contribution >= 0.6 is 34.6 Å². The van der Waals surface area contributed by atoms with Crippen molar-refractivity contribution in [2.24, 2.45) is 0 Å². The molecule has 0 radical (unpaired) electrons. The van der Waals surface area contributed by atoms with Crippen LogP contribution in [0.25, 0.3) is 10.2 Å². The zero-order valence-electron chi connectivity index (χ0n) is 14.2. The molecule has 1 fully saturated rings. The number of thiophene rings is 1. The van der Waals surface area contributed by atoms with E-state index in [1.165, 1.54) is 18.6 Å². The van der Waals surface area contributed by atoms with Gasteiger partial charge in [-0.05, 0) is 17.7 Å². The van der Waals surface area contributed by atoms with Crippen LogP contribution in [-0.2, 0) is 4.74 Å². The highest BCUT2D eigenvalue weighted by Gasteiger charge is 2.24. The molecule has 0 saturated carbocycles. The van der Waals surface area contributed by atoms with E-state index in [2.05, 4.69) is 29.1 Å². The van der Waals surface area contributed by atoms with E-state index in [0.717, 1.165) is 52.5 Å². The highest BCUT2D eigenvalue weighted by atomic mass is 32.2. The van der Waals surface area contributed by atoms with E-state index in [9.17, 15) is 4.79 Å². The molecular weight excluding hydrogens is 392 g/mol. The molecule has 136 valence electrons. The van der Waals surface area contributed by atoms with E-state index in [1.54, 1.807) is 23.1 Å². The fraction of sp³-hybridized carbons (Fsp3) is 0.400. The molecule has 0 amide bonds. The number of methoxy groups -OCH3 is 1. The van der Waals surface area contributed by atoms with E-state index in [1.807, 2.05) is 17.7 Å². The maximum atomic E-state index is 11.9. The molecule has 3 aromatic heterocycles. The minimum Gasteiger partial charge on any atom is -0.463 e. The largest absolute Gasteiger partial charge is 0.463 e. The van der Waals surface area contributed by atoms with Gasteiger partial charge in [-0.15, -0.1) is 11.3 Å². The maximum absolute atomic E-state index is 11.9. The fourth-order valence-electron chi connectivity index (χ4n) is 2.77.